The van der Waals surface area contributed by atoms with Gasteiger partial charge in [-0.2, -0.15) is 16.8 Å². The van der Waals surface area contributed by atoms with Gasteiger partial charge in [0.25, 0.3) is 20.2 Å². The Morgan fingerprint density at radius 3 is 1.82 bits per heavy atom. The zero-order valence-electron chi connectivity index (χ0n) is 18.4. The first kappa shape index (κ1) is 25.5. The van der Waals surface area contributed by atoms with E-state index in [1.807, 2.05) is 0 Å². The molecule has 0 amide bonds. The third-order valence-electron chi connectivity index (χ3n) is 4.69. The van der Waals surface area contributed by atoms with Gasteiger partial charge in [0.15, 0.2) is 11.5 Å². The van der Waals surface area contributed by atoms with Crippen molar-refractivity contribution in [2.45, 2.75) is 29.7 Å². The second-order valence-corrected chi connectivity index (χ2v) is 10.7. The first-order valence-corrected chi connectivity index (χ1v) is 12.9. The topological polar surface area (TPSA) is 136 Å². The number of hydrogen-bond donors (Lipinski definition) is 2. The lowest BCUT2D eigenvalue weighted by Gasteiger charge is -2.19. The van der Waals surface area contributed by atoms with Gasteiger partial charge in [-0.3, -0.25) is 8.37 Å². The van der Waals surface area contributed by atoms with E-state index in [2.05, 4.69) is 0 Å². The molecule has 0 saturated carbocycles. The molecule has 1 atom stereocenters. The van der Waals surface area contributed by atoms with Crippen LogP contribution < -0.4 is 4.74 Å². The fourth-order valence-corrected chi connectivity index (χ4v) is 4.78. The van der Waals surface area contributed by atoms with E-state index < -0.39 is 51.1 Å². The van der Waals surface area contributed by atoms with Crippen molar-refractivity contribution in [1.29, 1.82) is 0 Å². The Balaban J connectivity index is 1.81. The summed E-state index contributed by atoms with van der Waals surface area (Å²) in [5.41, 5.74) is 1.69. The number of hydrogen-bond acceptors (Lipinski definition) is 9. The minimum absolute atomic E-state index is 0.107. The maximum absolute atomic E-state index is 12.7. The molecule has 2 N–H and O–H groups in total. The Kier molecular flexibility index (Phi) is 7.82. The van der Waals surface area contributed by atoms with Gasteiger partial charge < -0.3 is 14.9 Å². The van der Waals surface area contributed by atoms with Crippen molar-refractivity contribution in [1.82, 2.24) is 0 Å². The van der Waals surface area contributed by atoms with Crippen LogP contribution in [0.15, 0.2) is 76.5 Å². The van der Waals surface area contributed by atoms with Crippen LogP contribution in [0.1, 0.15) is 11.1 Å². The van der Waals surface area contributed by atoms with Gasteiger partial charge in [0.1, 0.15) is 12.7 Å². The number of aromatic hydroxyl groups is 2. The van der Waals surface area contributed by atoms with E-state index in [0.29, 0.717) is 0 Å². The van der Waals surface area contributed by atoms with Crippen LogP contribution in [0.2, 0.25) is 0 Å². The maximum Gasteiger partial charge on any atom is 0.297 e. The molecule has 0 unspecified atom stereocenters. The van der Waals surface area contributed by atoms with Gasteiger partial charge in [-0.05, 0) is 50.2 Å². The zero-order chi connectivity index (χ0) is 24.9. The standard InChI is InChI=1S/C23H24O9S2/c1-16-6-10-19(11-7-16)33(26,27)31-15-18(14-30-22-5-3-4-21(24)23(22)25)32-34(28,29)20-12-8-17(2)9-13-20/h3-13,18,24-25H,14-15H2,1-2H3/t18-/m1/s1. The lowest BCUT2D eigenvalue weighted by atomic mass is 10.2. The molecule has 0 aliphatic carbocycles. The molecule has 34 heavy (non-hydrogen) atoms. The van der Waals surface area contributed by atoms with Crippen LogP contribution in [-0.4, -0.2) is 46.4 Å². The lowest BCUT2D eigenvalue weighted by Crippen LogP contribution is -2.31. The summed E-state index contributed by atoms with van der Waals surface area (Å²) in [7, 11) is -8.52. The van der Waals surface area contributed by atoms with Crippen LogP contribution in [0.5, 0.6) is 17.2 Å². The molecule has 3 aromatic rings. The fourth-order valence-electron chi connectivity index (χ4n) is 2.79. The van der Waals surface area contributed by atoms with E-state index in [9.17, 15) is 27.0 Å². The largest absolute Gasteiger partial charge is 0.504 e. The van der Waals surface area contributed by atoms with Crippen molar-refractivity contribution in [2.75, 3.05) is 13.2 Å². The van der Waals surface area contributed by atoms with Crippen LogP contribution >= 0.6 is 0 Å². The highest BCUT2D eigenvalue weighted by atomic mass is 32.2. The monoisotopic (exact) mass is 508 g/mol. The molecule has 182 valence electrons. The molecule has 0 fully saturated rings. The molecule has 0 heterocycles. The summed E-state index contributed by atoms with van der Waals surface area (Å²) in [5, 5.41) is 19.5. The third kappa shape index (κ3) is 6.48. The van der Waals surface area contributed by atoms with Crippen molar-refractivity contribution in [3.05, 3.63) is 77.9 Å². The van der Waals surface area contributed by atoms with Crippen molar-refractivity contribution in [3.63, 3.8) is 0 Å². The van der Waals surface area contributed by atoms with Crippen LogP contribution in [-0.2, 0) is 28.6 Å². The Hall–Kier alpha value is -3.12. The number of ether oxygens (including phenoxy) is 1. The summed E-state index contributed by atoms with van der Waals surface area (Å²) in [5.74, 6) is -1.15. The Morgan fingerprint density at radius 1 is 0.735 bits per heavy atom. The number of para-hydroxylation sites is 1. The van der Waals surface area contributed by atoms with Gasteiger partial charge >= 0.3 is 0 Å². The van der Waals surface area contributed by atoms with Crippen LogP contribution in [0.4, 0.5) is 0 Å². The van der Waals surface area contributed by atoms with Crippen LogP contribution in [0.25, 0.3) is 0 Å². The van der Waals surface area contributed by atoms with Crippen molar-refractivity contribution < 1.29 is 40.2 Å². The zero-order valence-corrected chi connectivity index (χ0v) is 20.0. The minimum atomic E-state index is -4.30. The van der Waals surface area contributed by atoms with Crippen molar-refractivity contribution >= 4 is 20.2 Å². The summed E-state index contributed by atoms with van der Waals surface area (Å²) >= 11 is 0. The molecule has 0 radical (unpaired) electrons. The van der Waals surface area contributed by atoms with Crippen molar-refractivity contribution in [3.8, 4) is 17.2 Å². The Bertz CT molecular complexity index is 1330. The van der Waals surface area contributed by atoms with Crippen molar-refractivity contribution in [2.24, 2.45) is 0 Å². The number of phenols is 2. The molecule has 0 saturated heterocycles. The summed E-state index contributed by atoms with van der Waals surface area (Å²) in [6.07, 6.45) is -1.41. The normalized spacial score (nSPS) is 12.9. The fraction of sp³-hybridized carbons (Fsp3) is 0.217. The predicted molar refractivity (Wildman–Crippen MR) is 123 cm³/mol. The van der Waals surface area contributed by atoms with Crippen LogP contribution in [0, 0.1) is 13.8 Å². The highest BCUT2D eigenvalue weighted by molar-refractivity contribution is 7.87. The number of rotatable bonds is 10. The Morgan fingerprint density at radius 2 is 1.26 bits per heavy atom. The van der Waals surface area contributed by atoms with E-state index in [0.717, 1.165) is 11.1 Å². The first-order chi connectivity index (χ1) is 16.0. The number of benzene rings is 3. The van der Waals surface area contributed by atoms with E-state index >= 15 is 0 Å². The van der Waals surface area contributed by atoms with E-state index in [1.54, 1.807) is 38.1 Å². The minimum Gasteiger partial charge on any atom is -0.504 e. The average molecular weight is 509 g/mol. The second-order valence-electron chi connectivity index (χ2n) is 7.47. The molecule has 9 nitrogen and oxygen atoms in total. The summed E-state index contributed by atoms with van der Waals surface area (Å²) in [6.45, 7) is 2.39. The van der Waals surface area contributed by atoms with Gasteiger partial charge in [-0.25, -0.2) is 0 Å². The predicted octanol–water partition coefficient (Wildman–Crippen LogP) is 3.27. The number of aryl methyl sites for hydroxylation is 2. The van der Waals surface area contributed by atoms with Gasteiger partial charge in [0, 0.05) is 0 Å². The molecule has 0 spiro atoms. The molecule has 0 aromatic heterocycles. The highest BCUT2D eigenvalue weighted by Crippen LogP contribution is 2.34. The second kappa shape index (κ2) is 10.4. The van der Waals surface area contributed by atoms with Crippen LogP contribution in [0.3, 0.4) is 0 Å². The number of phenolic OH excluding ortho intramolecular Hbond substituents is 2. The van der Waals surface area contributed by atoms with Gasteiger partial charge in [-0.15, -0.1) is 0 Å². The molecule has 0 aliphatic heterocycles. The summed E-state index contributed by atoms with van der Waals surface area (Å²) < 4.78 is 66.3. The quantitative estimate of drug-likeness (QED) is 0.312. The maximum atomic E-state index is 12.7. The molecular weight excluding hydrogens is 484 g/mol. The molecule has 3 aromatic carbocycles. The molecular formula is C23H24O9S2. The third-order valence-corrected chi connectivity index (χ3v) is 7.36. The van der Waals surface area contributed by atoms with Gasteiger partial charge in [0.2, 0.25) is 5.75 Å². The molecule has 0 aliphatic rings. The average Bonchev–Trinajstić information content (AvgIpc) is 2.78. The lowest BCUT2D eigenvalue weighted by molar-refractivity contribution is 0.0871. The Labute approximate surface area is 198 Å². The molecule has 3 rings (SSSR count). The summed E-state index contributed by atoms with van der Waals surface area (Å²) in [6, 6.07) is 15.8. The van der Waals surface area contributed by atoms with Gasteiger partial charge in [-0.1, -0.05) is 41.5 Å². The SMILES string of the molecule is Cc1ccc(S(=O)(=O)OC[C@@H](COc2cccc(O)c2O)OS(=O)(=O)c2ccc(C)cc2)cc1. The first-order valence-electron chi connectivity index (χ1n) is 10.1. The molecule has 0 bridgehead atoms. The van der Waals surface area contributed by atoms with Gasteiger partial charge in [0.05, 0.1) is 16.4 Å². The summed E-state index contributed by atoms with van der Waals surface area (Å²) in [4.78, 5) is -0.241. The molecule has 11 heteroatoms. The smallest absolute Gasteiger partial charge is 0.297 e. The van der Waals surface area contributed by atoms with E-state index in [-0.39, 0.29) is 15.5 Å². The van der Waals surface area contributed by atoms with E-state index in [4.69, 9.17) is 13.1 Å². The highest BCUT2D eigenvalue weighted by Gasteiger charge is 2.26. The van der Waals surface area contributed by atoms with E-state index in [1.165, 1.54) is 42.5 Å².